The highest BCUT2D eigenvalue weighted by molar-refractivity contribution is 7.09. The normalized spacial score (nSPS) is 24.5. The van der Waals surface area contributed by atoms with Crippen molar-refractivity contribution in [3.05, 3.63) is 20.2 Å². The molecule has 7 heteroatoms. The van der Waals surface area contributed by atoms with Crippen LogP contribution in [0, 0.1) is 25.7 Å². The van der Waals surface area contributed by atoms with Gasteiger partial charge in [-0.3, -0.25) is 14.2 Å². The second-order valence-corrected chi connectivity index (χ2v) is 7.40. The third-order valence-electron chi connectivity index (χ3n) is 5.04. The number of carbonyl (C=O) groups excluding carboxylic acids is 1. The summed E-state index contributed by atoms with van der Waals surface area (Å²) in [5.41, 5.74) is 0.925. The fourth-order valence-corrected chi connectivity index (χ4v) is 4.30. The number of aromatic nitrogens is 1. The van der Waals surface area contributed by atoms with Crippen LogP contribution in [0.4, 0.5) is 0 Å². The van der Waals surface area contributed by atoms with Gasteiger partial charge in [-0.15, -0.1) is 12.4 Å². The molecule has 1 amide bonds. The Balaban J connectivity index is 0.00000176. The molecule has 124 valence electrons. The Morgan fingerprint density at radius 3 is 2.32 bits per heavy atom. The molecule has 5 nitrogen and oxygen atoms in total. The number of nitrogens with one attached hydrogen (secondary N) is 1. The summed E-state index contributed by atoms with van der Waals surface area (Å²) in [5.74, 6) is 1.53. The van der Waals surface area contributed by atoms with E-state index in [1.54, 1.807) is 4.57 Å². The van der Waals surface area contributed by atoms with E-state index in [2.05, 4.69) is 5.32 Å². The van der Waals surface area contributed by atoms with Crippen LogP contribution < -0.4 is 10.2 Å². The van der Waals surface area contributed by atoms with Gasteiger partial charge in [-0.05, 0) is 51.6 Å². The molecule has 3 heterocycles. The Hall–Kier alpha value is -0.850. The van der Waals surface area contributed by atoms with E-state index in [1.165, 1.54) is 11.3 Å². The number of halogens is 1. The van der Waals surface area contributed by atoms with E-state index < -0.39 is 0 Å². The summed E-state index contributed by atoms with van der Waals surface area (Å²) in [5, 5.41) is 3.45. The summed E-state index contributed by atoms with van der Waals surface area (Å²) in [6.07, 6.45) is 2.17. The summed E-state index contributed by atoms with van der Waals surface area (Å²) < 4.78 is 1.62. The monoisotopic (exact) mass is 345 g/mol. The molecule has 22 heavy (non-hydrogen) atoms. The van der Waals surface area contributed by atoms with Crippen molar-refractivity contribution in [1.29, 1.82) is 0 Å². The number of rotatable bonds is 2. The lowest BCUT2D eigenvalue weighted by Gasteiger charge is -2.21. The quantitative estimate of drug-likeness (QED) is 0.881. The SMILES string of the molecule is Cc1sc(=O)n(CC(=O)N2CC[C@@H]3CNC[C@@H]3CC2)c1C.Cl. The first-order chi connectivity index (χ1) is 10.1. The minimum atomic E-state index is -0.0192. The Kier molecular flexibility index (Phi) is 5.69. The topological polar surface area (TPSA) is 54.3 Å². The molecule has 0 aliphatic carbocycles. The molecule has 3 rings (SSSR count). The summed E-state index contributed by atoms with van der Waals surface area (Å²) in [4.78, 5) is 27.4. The Morgan fingerprint density at radius 2 is 1.82 bits per heavy atom. The minimum absolute atomic E-state index is 0. The van der Waals surface area contributed by atoms with Crippen LogP contribution in [0.1, 0.15) is 23.4 Å². The van der Waals surface area contributed by atoms with Crippen molar-refractivity contribution < 1.29 is 4.79 Å². The zero-order chi connectivity index (χ0) is 15.0. The maximum atomic E-state index is 12.5. The zero-order valence-electron chi connectivity index (χ0n) is 13.1. The fourth-order valence-electron chi connectivity index (χ4n) is 3.47. The number of hydrogen-bond donors (Lipinski definition) is 1. The van der Waals surface area contributed by atoms with Gasteiger partial charge in [0.2, 0.25) is 5.91 Å². The van der Waals surface area contributed by atoms with Crippen molar-refractivity contribution in [1.82, 2.24) is 14.8 Å². The predicted octanol–water partition coefficient (Wildman–Crippen LogP) is 1.41. The Morgan fingerprint density at radius 1 is 1.23 bits per heavy atom. The molecule has 2 aliphatic heterocycles. The van der Waals surface area contributed by atoms with E-state index in [0.717, 1.165) is 61.4 Å². The molecule has 2 atom stereocenters. The number of likely N-dealkylation sites (tertiary alicyclic amines) is 1. The van der Waals surface area contributed by atoms with Gasteiger partial charge in [0.25, 0.3) is 0 Å². The number of amides is 1. The number of hydrogen-bond acceptors (Lipinski definition) is 4. The van der Waals surface area contributed by atoms with E-state index in [0.29, 0.717) is 0 Å². The molecule has 1 aromatic heterocycles. The number of nitrogens with zero attached hydrogens (tertiary/aromatic N) is 2. The number of fused-ring (bicyclic) bond motifs is 1. The molecule has 2 aliphatic rings. The summed E-state index contributed by atoms with van der Waals surface area (Å²) >= 11 is 1.23. The highest BCUT2D eigenvalue weighted by atomic mass is 35.5. The average Bonchev–Trinajstić information content (AvgIpc) is 2.92. The highest BCUT2D eigenvalue weighted by Crippen LogP contribution is 2.27. The van der Waals surface area contributed by atoms with Gasteiger partial charge in [-0.2, -0.15) is 0 Å². The molecule has 1 N–H and O–H groups in total. The molecule has 0 unspecified atom stereocenters. The molecule has 0 aromatic carbocycles. The van der Waals surface area contributed by atoms with Crippen LogP contribution in [-0.2, 0) is 11.3 Å². The third kappa shape index (κ3) is 3.39. The predicted molar refractivity (Wildman–Crippen MR) is 91.0 cm³/mol. The molecule has 0 bridgehead atoms. The molecule has 0 spiro atoms. The minimum Gasteiger partial charge on any atom is -0.341 e. The van der Waals surface area contributed by atoms with Crippen LogP contribution in [0.3, 0.4) is 0 Å². The third-order valence-corrected chi connectivity index (χ3v) is 6.04. The summed E-state index contributed by atoms with van der Waals surface area (Å²) in [6, 6.07) is 0. The van der Waals surface area contributed by atoms with Crippen LogP contribution >= 0.6 is 23.7 Å². The fraction of sp³-hybridized carbons (Fsp3) is 0.733. The molecular formula is C15H24ClN3O2S. The first kappa shape index (κ1) is 17.5. The van der Waals surface area contributed by atoms with Gasteiger partial charge < -0.3 is 10.2 Å². The zero-order valence-corrected chi connectivity index (χ0v) is 14.8. The summed E-state index contributed by atoms with van der Waals surface area (Å²) in [6.45, 7) is 7.89. The van der Waals surface area contributed by atoms with Gasteiger partial charge in [-0.25, -0.2) is 0 Å². The van der Waals surface area contributed by atoms with Crippen molar-refractivity contribution >= 4 is 29.7 Å². The van der Waals surface area contributed by atoms with Crippen LogP contribution in [-0.4, -0.2) is 41.6 Å². The maximum absolute atomic E-state index is 12.5. The standard InChI is InChI=1S/C15H23N3O2S.ClH/c1-10-11(2)21-15(20)18(10)9-14(19)17-5-3-12-7-16-8-13(12)4-6-17;/h12-13,16H,3-9H2,1-2H3;1H/t12-,13+;. The van der Waals surface area contributed by atoms with Gasteiger partial charge in [0.1, 0.15) is 6.54 Å². The lowest BCUT2D eigenvalue weighted by atomic mass is 9.92. The second kappa shape index (κ2) is 7.15. The lowest BCUT2D eigenvalue weighted by Crippen LogP contribution is -2.37. The molecule has 0 saturated carbocycles. The molecule has 0 radical (unpaired) electrons. The maximum Gasteiger partial charge on any atom is 0.308 e. The van der Waals surface area contributed by atoms with E-state index in [9.17, 15) is 9.59 Å². The Bertz CT molecular complexity index is 584. The van der Waals surface area contributed by atoms with Gasteiger partial charge >= 0.3 is 4.87 Å². The van der Waals surface area contributed by atoms with Gasteiger partial charge in [-0.1, -0.05) is 11.3 Å². The van der Waals surface area contributed by atoms with Crippen molar-refractivity contribution in [2.45, 2.75) is 33.2 Å². The molecule has 1 aromatic rings. The smallest absolute Gasteiger partial charge is 0.308 e. The van der Waals surface area contributed by atoms with E-state index in [4.69, 9.17) is 0 Å². The van der Waals surface area contributed by atoms with Crippen molar-refractivity contribution in [3.63, 3.8) is 0 Å². The number of carbonyl (C=O) groups is 1. The number of aryl methyl sites for hydroxylation is 1. The molecule has 2 fully saturated rings. The first-order valence-electron chi connectivity index (χ1n) is 7.71. The van der Waals surface area contributed by atoms with Crippen molar-refractivity contribution in [3.8, 4) is 0 Å². The van der Waals surface area contributed by atoms with E-state index >= 15 is 0 Å². The average molecular weight is 346 g/mol. The molecular weight excluding hydrogens is 322 g/mol. The lowest BCUT2D eigenvalue weighted by molar-refractivity contribution is -0.131. The van der Waals surface area contributed by atoms with Crippen LogP contribution in [0.15, 0.2) is 4.79 Å². The van der Waals surface area contributed by atoms with E-state index in [1.807, 2.05) is 18.7 Å². The Labute approximate surface area is 141 Å². The van der Waals surface area contributed by atoms with Crippen LogP contribution in [0.2, 0.25) is 0 Å². The van der Waals surface area contributed by atoms with Crippen LogP contribution in [0.5, 0.6) is 0 Å². The second-order valence-electron chi connectivity index (χ2n) is 6.23. The summed E-state index contributed by atoms with van der Waals surface area (Å²) in [7, 11) is 0. The van der Waals surface area contributed by atoms with Gasteiger partial charge in [0, 0.05) is 23.7 Å². The van der Waals surface area contributed by atoms with Gasteiger partial charge in [0.15, 0.2) is 0 Å². The van der Waals surface area contributed by atoms with Gasteiger partial charge in [0.05, 0.1) is 0 Å². The first-order valence-corrected chi connectivity index (χ1v) is 8.53. The van der Waals surface area contributed by atoms with E-state index in [-0.39, 0.29) is 29.7 Å². The number of thiazole rings is 1. The van der Waals surface area contributed by atoms with Crippen LogP contribution in [0.25, 0.3) is 0 Å². The largest absolute Gasteiger partial charge is 0.341 e. The van der Waals surface area contributed by atoms with Crippen molar-refractivity contribution in [2.75, 3.05) is 26.2 Å². The van der Waals surface area contributed by atoms with Crippen molar-refractivity contribution in [2.24, 2.45) is 11.8 Å². The highest BCUT2D eigenvalue weighted by Gasteiger charge is 2.31. The molecule has 2 saturated heterocycles.